The molecule has 0 radical (unpaired) electrons. The third-order valence-electron chi connectivity index (χ3n) is 2.66. The molecule has 112 valence electrons. The normalized spacial score (nSPS) is 11.2. The van der Waals surface area contributed by atoms with Crippen molar-refractivity contribution in [2.75, 3.05) is 17.7 Å². The van der Waals surface area contributed by atoms with Gasteiger partial charge in [-0.15, -0.1) is 0 Å². The van der Waals surface area contributed by atoms with Crippen LogP contribution in [-0.2, 0) is 6.54 Å². The molecule has 0 saturated carbocycles. The molecule has 0 aliphatic rings. The third kappa shape index (κ3) is 4.87. The Kier molecular flexibility index (Phi) is 4.52. The third-order valence-corrected chi connectivity index (χ3v) is 2.66. The first-order valence-electron chi connectivity index (χ1n) is 6.17. The number of hydrogen-bond donors (Lipinski definition) is 2. The van der Waals surface area contributed by atoms with Gasteiger partial charge in [0, 0.05) is 18.3 Å². The van der Waals surface area contributed by atoms with E-state index in [9.17, 15) is 13.2 Å². The second-order valence-corrected chi connectivity index (χ2v) is 4.34. The van der Waals surface area contributed by atoms with Gasteiger partial charge < -0.3 is 15.8 Å². The van der Waals surface area contributed by atoms with E-state index in [-0.39, 0.29) is 5.88 Å². The molecule has 0 atom stereocenters. The number of nitrogen functional groups attached to an aromatic ring is 1. The minimum Gasteiger partial charge on any atom is -0.468 e. The van der Waals surface area contributed by atoms with E-state index in [2.05, 4.69) is 15.0 Å². The zero-order chi connectivity index (χ0) is 15.3. The molecule has 1 heterocycles. The Morgan fingerprint density at radius 2 is 1.90 bits per heavy atom. The first-order valence-corrected chi connectivity index (χ1v) is 6.17. The van der Waals surface area contributed by atoms with Crippen LogP contribution in [0.2, 0.25) is 0 Å². The van der Waals surface area contributed by atoms with E-state index in [1.54, 1.807) is 12.1 Å². The molecule has 1 aromatic carbocycles. The summed E-state index contributed by atoms with van der Waals surface area (Å²) in [5.74, 6) is -0.0721. The zero-order valence-electron chi connectivity index (χ0n) is 11.0. The van der Waals surface area contributed by atoms with Crippen LogP contribution < -0.4 is 15.8 Å². The van der Waals surface area contributed by atoms with Crippen molar-refractivity contribution in [3.8, 4) is 5.88 Å². The summed E-state index contributed by atoms with van der Waals surface area (Å²) in [6.07, 6.45) is -2.96. The molecule has 2 rings (SSSR count). The van der Waals surface area contributed by atoms with Crippen molar-refractivity contribution >= 4 is 11.4 Å². The van der Waals surface area contributed by atoms with Gasteiger partial charge in [0.15, 0.2) is 6.61 Å². The lowest BCUT2D eigenvalue weighted by molar-refractivity contribution is -0.154. The van der Waals surface area contributed by atoms with Gasteiger partial charge in [-0.3, -0.25) is 0 Å². The van der Waals surface area contributed by atoms with Crippen LogP contribution in [0.5, 0.6) is 5.88 Å². The summed E-state index contributed by atoms with van der Waals surface area (Å²) in [7, 11) is 0. The predicted octanol–water partition coefficient (Wildman–Crippen LogP) is 3.22. The van der Waals surface area contributed by atoms with Crippen LogP contribution in [0, 0.1) is 0 Å². The molecule has 0 aliphatic carbocycles. The van der Waals surface area contributed by atoms with Crippen LogP contribution >= 0.6 is 0 Å². The fourth-order valence-corrected chi connectivity index (χ4v) is 1.62. The monoisotopic (exact) mass is 297 g/mol. The van der Waals surface area contributed by atoms with Gasteiger partial charge >= 0.3 is 6.18 Å². The summed E-state index contributed by atoms with van der Waals surface area (Å²) >= 11 is 0. The van der Waals surface area contributed by atoms with Crippen molar-refractivity contribution in [1.29, 1.82) is 0 Å². The summed E-state index contributed by atoms with van der Waals surface area (Å²) in [5.41, 5.74) is 8.07. The average molecular weight is 297 g/mol. The van der Waals surface area contributed by atoms with E-state index >= 15 is 0 Å². The van der Waals surface area contributed by atoms with Gasteiger partial charge in [-0.05, 0) is 17.7 Å². The summed E-state index contributed by atoms with van der Waals surface area (Å²) in [6.45, 7) is -0.857. The number of rotatable bonds is 5. The molecule has 0 fully saturated rings. The van der Waals surface area contributed by atoms with Crippen LogP contribution in [0.4, 0.5) is 24.5 Å². The average Bonchev–Trinajstić information content (AvgIpc) is 2.45. The smallest absolute Gasteiger partial charge is 0.422 e. The predicted molar refractivity (Wildman–Crippen MR) is 74.0 cm³/mol. The lowest BCUT2D eigenvalue weighted by atomic mass is 10.2. The van der Waals surface area contributed by atoms with Crippen molar-refractivity contribution < 1.29 is 17.9 Å². The first kappa shape index (κ1) is 15.0. The van der Waals surface area contributed by atoms with E-state index in [1.807, 2.05) is 18.2 Å². The van der Waals surface area contributed by atoms with Gasteiger partial charge in [0.25, 0.3) is 0 Å². The molecule has 1 aromatic heterocycles. The highest BCUT2D eigenvalue weighted by atomic mass is 19.4. The van der Waals surface area contributed by atoms with Crippen LogP contribution in [0.3, 0.4) is 0 Å². The summed E-state index contributed by atoms with van der Waals surface area (Å²) in [5, 5.41) is 3.08. The van der Waals surface area contributed by atoms with Gasteiger partial charge in [0.1, 0.15) is 0 Å². The quantitative estimate of drug-likeness (QED) is 0.832. The number of nitrogens with two attached hydrogens (primary N) is 1. The number of hydrogen-bond acceptors (Lipinski definition) is 4. The number of benzene rings is 1. The standard InChI is InChI=1S/C14H14F3N3O/c15-14(16,17)9-21-13-6-5-11(8-20-13)19-7-10-3-1-2-4-12(10)18/h1-6,8,19H,7,9,18H2. The molecule has 0 amide bonds. The van der Waals surface area contributed by atoms with Crippen LogP contribution in [0.1, 0.15) is 5.56 Å². The molecule has 7 heteroatoms. The van der Waals surface area contributed by atoms with Crippen LogP contribution in [0.15, 0.2) is 42.6 Å². The maximum Gasteiger partial charge on any atom is 0.422 e. The van der Waals surface area contributed by atoms with Crippen molar-refractivity contribution in [3.05, 3.63) is 48.2 Å². The Bertz CT molecular complexity index is 585. The molecule has 0 bridgehead atoms. The van der Waals surface area contributed by atoms with Gasteiger partial charge in [-0.25, -0.2) is 4.98 Å². The van der Waals surface area contributed by atoms with E-state index in [0.29, 0.717) is 17.9 Å². The molecule has 2 aromatic rings. The molecule has 21 heavy (non-hydrogen) atoms. The highest BCUT2D eigenvalue weighted by molar-refractivity contribution is 5.49. The number of anilines is 2. The topological polar surface area (TPSA) is 60.2 Å². The minimum atomic E-state index is -4.37. The SMILES string of the molecule is Nc1ccccc1CNc1ccc(OCC(F)(F)F)nc1. The van der Waals surface area contributed by atoms with Crippen molar-refractivity contribution in [2.45, 2.75) is 12.7 Å². The van der Waals surface area contributed by atoms with E-state index in [4.69, 9.17) is 5.73 Å². The minimum absolute atomic E-state index is 0.0721. The maximum atomic E-state index is 12.0. The fourth-order valence-electron chi connectivity index (χ4n) is 1.62. The van der Waals surface area contributed by atoms with Crippen molar-refractivity contribution in [1.82, 2.24) is 4.98 Å². The first-order chi connectivity index (χ1) is 9.94. The van der Waals surface area contributed by atoms with E-state index in [0.717, 1.165) is 5.56 Å². The molecule has 0 unspecified atom stereocenters. The number of ether oxygens (including phenoxy) is 1. The number of aromatic nitrogens is 1. The van der Waals surface area contributed by atoms with E-state index in [1.165, 1.54) is 12.3 Å². The molecule has 3 N–H and O–H groups in total. The number of pyridine rings is 1. The largest absolute Gasteiger partial charge is 0.468 e. The highest BCUT2D eigenvalue weighted by Gasteiger charge is 2.28. The van der Waals surface area contributed by atoms with Crippen LogP contribution in [-0.4, -0.2) is 17.8 Å². The molecule has 0 aliphatic heterocycles. The number of nitrogens with zero attached hydrogens (tertiary/aromatic N) is 1. The molecular weight excluding hydrogens is 283 g/mol. The van der Waals surface area contributed by atoms with Crippen molar-refractivity contribution in [2.24, 2.45) is 0 Å². The maximum absolute atomic E-state index is 12.0. The molecule has 0 spiro atoms. The zero-order valence-corrected chi connectivity index (χ0v) is 11.0. The van der Waals surface area contributed by atoms with Gasteiger partial charge in [-0.2, -0.15) is 13.2 Å². The highest BCUT2D eigenvalue weighted by Crippen LogP contribution is 2.19. The van der Waals surface area contributed by atoms with Gasteiger partial charge in [0.05, 0.1) is 11.9 Å². The Morgan fingerprint density at radius 1 is 1.14 bits per heavy atom. The Hall–Kier alpha value is -2.44. The second-order valence-electron chi connectivity index (χ2n) is 4.34. The lowest BCUT2D eigenvalue weighted by Gasteiger charge is -2.10. The number of para-hydroxylation sites is 1. The summed E-state index contributed by atoms with van der Waals surface area (Å²) in [6, 6.07) is 10.4. The Labute approximate surface area is 119 Å². The van der Waals surface area contributed by atoms with Crippen molar-refractivity contribution in [3.63, 3.8) is 0 Å². The van der Waals surface area contributed by atoms with Crippen LogP contribution in [0.25, 0.3) is 0 Å². The molecular formula is C14H14F3N3O. The Morgan fingerprint density at radius 3 is 2.52 bits per heavy atom. The molecule has 4 nitrogen and oxygen atoms in total. The summed E-state index contributed by atoms with van der Waals surface area (Å²) < 4.78 is 40.5. The summed E-state index contributed by atoms with van der Waals surface area (Å²) in [4.78, 5) is 3.80. The van der Waals surface area contributed by atoms with E-state index < -0.39 is 12.8 Å². The molecule has 0 saturated heterocycles. The number of nitrogens with one attached hydrogen (secondary N) is 1. The number of alkyl halides is 3. The second kappa shape index (κ2) is 6.34. The van der Waals surface area contributed by atoms with Gasteiger partial charge in [0.2, 0.25) is 5.88 Å². The fraction of sp³-hybridized carbons (Fsp3) is 0.214. The lowest BCUT2D eigenvalue weighted by Crippen LogP contribution is -2.19. The Balaban J connectivity index is 1.89. The number of halogens is 3. The van der Waals surface area contributed by atoms with Gasteiger partial charge in [-0.1, -0.05) is 18.2 Å².